The summed E-state index contributed by atoms with van der Waals surface area (Å²) in [6.45, 7) is 26.6. The molecule has 3 N–H and O–H groups in total. The molecular weight excluding hydrogens is 1120 g/mol. The zero-order chi connectivity index (χ0) is 58.5. The molecule has 436 valence electrons. The summed E-state index contributed by atoms with van der Waals surface area (Å²) in [4.78, 5) is 75.9. The van der Waals surface area contributed by atoms with Crippen LogP contribution in [-0.2, 0) is 54.6 Å². The van der Waals surface area contributed by atoms with E-state index in [1.54, 1.807) is 29.9 Å². The van der Waals surface area contributed by atoms with Gasteiger partial charge in [0, 0.05) is 88.7 Å². The molecule has 2 aromatic carbocycles. The highest BCUT2D eigenvalue weighted by atomic mass is 35.5. The number of amides is 1. The summed E-state index contributed by atoms with van der Waals surface area (Å²) < 4.78 is 9.63. The van der Waals surface area contributed by atoms with Crippen LogP contribution in [0, 0.1) is 13.8 Å². The number of fused-ring (bicyclic) bond motifs is 4. The topological polar surface area (TPSA) is 220 Å². The lowest BCUT2D eigenvalue weighted by molar-refractivity contribution is 0.0194. The van der Waals surface area contributed by atoms with E-state index < -0.39 is 5.60 Å². The van der Waals surface area contributed by atoms with Gasteiger partial charge in [0.05, 0.1) is 86.0 Å². The van der Waals surface area contributed by atoms with E-state index in [2.05, 4.69) is 164 Å². The quantitative estimate of drug-likeness (QED) is 0.0970. The van der Waals surface area contributed by atoms with Gasteiger partial charge in [0.15, 0.2) is 11.6 Å². The van der Waals surface area contributed by atoms with Crippen LogP contribution in [0.4, 0.5) is 4.79 Å². The Morgan fingerprint density at radius 3 is 1.55 bits per heavy atom. The standard InChI is InChI=1S/C34H39N7O3S.C29H31N7OS.ClH/c1-20-14-22(9-8-21(20)10-11-27(42)28-17-35-31(45-28)33(2,3)4)29-23-15-25(39-30(23)37-19-36-29)24-16-38-41-13-12-40(18-26(24)41)32(43)44-34(5,6)7;1-17-11-19(6-5-18(17)7-8-24(37)25-15-31-28(38-25)29(2,3)4)26-20-12-22(35-27(20)33-16-32-26)21-13-34-36-10-9-30-14-23(21)36;/h8-9,14-17,19H,10-13,18H2,1-7H3,(H,36,37,39);5-6,11-13,15-16,30H,7-10,14H2,1-4H3,(H,32,33,35);1H. The molecule has 2 aliphatic heterocycles. The summed E-state index contributed by atoms with van der Waals surface area (Å²) in [6.07, 6.45) is 12.3. The number of carbonyl (C=O) groups is 3. The van der Waals surface area contributed by atoms with Crippen LogP contribution in [0.25, 0.3) is 67.1 Å². The molecule has 21 heteroatoms. The van der Waals surface area contributed by atoms with Gasteiger partial charge >= 0.3 is 6.09 Å². The Balaban J connectivity index is 0.000000187. The molecular formula is C63H71ClN14O4S2. The summed E-state index contributed by atoms with van der Waals surface area (Å²) in [7, 11) is 0. The van der Waals surface area contributed by atoms with Crippen molar-refractivity contribution in [1.29, 1.82) is 0 Å². The molecule has 0 atom stereocenters. The van der Waals surface area contributed by atoms with Crippen molar-refractivity contribution in [3.8, 4) is 45.0 Å². The number of halogens is 1. The molecule has 0 unspecified atom stereocenters. The van der Waals surface area contributed by atoms with Gasteiger partial charge in [0.2, 0.25) is 0 Å². The maximum absolute atomic E-state index is 12.9. The molecule has 12 rings (SSSR count). The number of ketones is 2. The van der Waals surface area contributed by atoms with Gasteiger partial charge in [-0.3, -0.25) is 19.0 Å². The fourth-order valence-electron chi connectivity index (χ4n) is 10.5. The van der Waals surface area contributed by atoms with E-state index in [1.165, 1.54) is 33.9 Å². The SMILES string of the molecule is Cc1cc(-c2ncnc3[nH]c(-c4cnn5c4CN(C(=O)OC(C)(C)C)CC5)cc23)ccc1CCC(=O)c1cnc(C(C)(C)C)s1.Cc1cc(-c2ncnc3[nH]c(-c4cnn5c4CNCC5)cc23)ccc1CCC(=O)c1cnc(C(C)(C)C)s1.Cl. The number of thiazole rings is 2. The Bertz CT molecular complexity index is 4090. The van der Waals surface area contributed by atoms with E-state index in [0.717, 1.165) is 129 Å². The van der Waals surface area contributed by atoms with E-state index in [1.807, 2.05) is 37.8 Å². The number of benzene rings is 2. The van der Waals surface area contributed by atoms with Crippen LogP contribution in [0.2, 0.25) is 0 Å². The molecule has 0 saturated heterocycles. The molecule has 0 spiro atoms. The lowest BCUT2D eigenvalue weighted by Gasteiger charge is -2.30. The van der Waals surface area contributed by atoms with Crippen LogP contribution in [-0.4, -0.2) is 101 Å². The predicted octanol–water partition coefficient (Wildman–Crippen LogP) is 13.0. The number of H-pyrrole nitrogens is 2. The van der Waals surface area contributed by atoms with Crippen molar-refractivity contribution in [3.05, 3.63) is 139 Å². The lowest BCUT2D eigenvalue weighted by atomic mass is 9.98. The van der Waals surface area contributed by atoms with Crippen molar-refractivity contribution in [2.75, 3.05) is 13.1 Å². The Hall–Kier alpha value is -7.78. The zero-order valence-corrected chi connectivity index (χ0v) is 51.9. The number of ether oxygens (including phenoxy) is 1. The Kier molecular flexibility index (Phi) is 16.8. The fourth-order valence-corrected chi connectivity index (χ4v) is 12.4. The number of hydrogen-bond acceptors (Lipinski definition) is 15. The third-order valence-electron chi connectivity index (χ3n) is 15.0. The second-order valence-electron chi connectivity index (χ2n) is 24.6. The van der Waals surface area contributed by atoms with E-state index in [4.69, 9.17) is 4.74 Å². The number of Topliss-reactive ketones (excluding diaryl/α,β-unsaturated/α-hetero) is 2. The number of hydrogen-bond donors (Lipinski definition) is 3. The monoisotopic (exact) mass is 1190 g/mol. The first-order chi connectivity index (χ1) is 39.5. The lowest BCUT2D eigenvalue weighted by Crippen LogP contribution is -2.41. The van der Waals surface area contributed by atoms with Gasteiger partial charge in [-0.05, 0) is 94.0 Å². The second kappa shape index (κ2) is 23.7. The molecule has 0 aliphatic carbocycles. The second-order valence-corrected chi connectivity index (χ2v) is 26.6. The number of nitrogens with zero attached hydrogens (tertiary/aromatic N) is 11. The maximum Gasteiger partial charge on any atom is 0.410 e. The Morgan fingerprint density at radius 1 is 0.595 bits per heavy atom. The highest BCUT2D eigenvalue weighted by molar-refractivity contribution is 7.14. The van der Waals surface area contributed by atoms with Crippen LogP contribution in [0.5, 0.6) is 0 Å². The minimum absolute atomic E-state index is 0. The van der Waals surface area contributed by atoms with Crippen LogP contribution in [0.15, 0.2) is 86.0 Å². The minimum atomic E-state index is -0.559. The zero-order valence-electron chi connectivity index (χ0n) is 49.4. The van der Waals surface area contributed by atoms with Crippen LogP contribution in [0.3, 0.4) is 0 Å². The normalized spacial score (nSPS) is 13.5. The van der Waals surface area contributed by atoms with E-state index >= 15 is 0 Å². The molecule has 1 amide bonds. The first kappa shape index (κ1) is 59.4. The van der Waals surface area contributed by atoms with Gasteiger partial charge in [0.1, 0.15) is 29.6 Å². The van der Waals surface area contributed by atoms with E-state index in [0.29, 0.717) is 45.3 Å². The van der Waals surface area contributed by atoms with Crippen molar-refractivity contribution in [1.82, 2.24) is 69.6 Å². The number of nitrogens with one attached hydrogen (secondary N) is 3. The highest BCUT2D eigenvalue weighted by Gasteiger charge is 2.30. The molecule has 8 aromatic heterocycles. The molecule has 0 saturated carbocycles. The Morgan fingerprint density at radius 2 is 1.08 bits per heavy atom. The van der Waals surface area contributed by atoms with Crippen LogP contribution >= 0.6 is 35.1 Å². The van der Waals surface area contributed by atoms with Gasteiger partial charge in [-0.2, -0.15) is 10.2 Å². The Labute approximate surface area is 502 Å². The van der Waals surface area contributed by atoms with Crippen molar-refractivity contribution in [2.24, 2.45) is 0 Å². The number of carbonyl (C=O) groups excluding carboxylic acids is 3. The average molecular weight is 1190 g/mol. The first-order valence-electron chi connectivity index (χ1n) is 28.2. The van der Waals surface area contributed by atoms with E-state index in [-0.39, 0.29) is 40.9 Å². The number of aryl methyl sites for hydroxylation is 4. The molecule has 0 bridgehead atoms. The molecule has 10 heterocycles. The third-order valence-corrected chi connectivity index (χ3v) is 17.9. The fraction of sp³-hybridized carbons (Fsp3) is 0.381. The van der Waals surface area contributed by atoms with Crippen molar-refractivity contribution in [3.63, 3.8) is 0 Å². The summed E-state index contributed by atoms with van der Waals surface area (Å²) in [5.41, 5.74) is 15.1. The largest absolute Gasteiger partial charge is 0.444 e. The van der Waals surface area contributed by atoms with Crippen molar-refractivity contribution >= 4 is 74.8 Å². The summed E-state index contributed by atoms with van der Waals surface area (Å²) in [5, 5.41) is 16.4. The maximum atomic E-state index is 12.9. The van der Waals surface area contributed by atoms with Gasteiger partial charge in [-0.1, -0.05) is 65.8 Å². The van der Waals surface area contributed by atoms with Crippen molar-refractivity contribution < 1.29 is 19.1 Å². The van der Waals surface area contributed by atoms with Crippen LogP contribution in [0.1, 0.15) is 138 Å². The predicted molar refractivity (Wildman–Crippen MR) is 333 cm³/mol. The first-order valence-corrected chi connectivity index (χ1v) is 29.8. The van der Waals surface area contributed by atoms with Gasteiger partial charge < -0.3 is 24.9 Å². The summed E-state index contributed by atoms with van der Waals surface area (Å²) in [6, 6.07) is 16.8. The molecule has 10 aromatic rings. The molecule has 0 radical (unpaired) electrons. The molecule has 2 aliphatic rings. The smallest absolute Gasteiger partial charge is 0.410 e. The van der Waals surface area contributed by atoms with Crippen LogP contribution < -0.4 is 5.32 Å². The van der Waals surface area contributed by atoms with E-state index in [9.17, 15) is 14.4 Å². The molecule has 18 nitrogen and oxygen atoms in total. The average Bonchev–Trinajstić information content (AvgIpc) is 3.74. The summed E-state index contributed by atoms with van der Waals surface area (Å²) >= 11 is 3.00. The third kappa shape index (κ3) is 12.7. The number of aromatic nitrogens is 12. The molecule has 84 heavy (non-hydrogen) atoms. The van der Waals surface area contributed by atoms with Gasteiger partial charge in [0.25, 0.3) is 0 Å². The van der Waals surface area contributed by atoms with Gasteiger partial charge in [-0.15, -0.1) is 35.1 Å². The van der Waals surface area contributed by atoms with Crippen molar-refractivity contribution in [2.45, 2.75) is 144 Å². The highest BCUT2D eigenvalue weighted by Crippen LogP contribution is 2.36. The molecule has 0 fully saturated rings. The number of aromatic amines is 2. The summed E-state index contributed by atoms with van der Waals surface area (Å²) in [5.74, 6) is 0.275. The number of rotatable bonds is 12. The minimum Gasteiger partial charge on any atom is -0.444 e. The van der Waals surface area contributed by atoms with Gasteiger partial charge in [-0.25, -0.2) is 34.7 Å².